The smallest absolute Gasteiger partial charge is 0.0420 e. The van der Waals surface area contributed by atoms with Crippen LogP contribution in [0.4, 0.5) is 5.69 Å². The predicted octanol–water partition coefficient (Wildman–Crippen LogP) is 4.01. The molecule has 0 aliphatic carbocycles. The average molecular weight is 319 g/mol. The van der Waals surface area contributed by atoms with Crippen LogP contribution in [0.3, 0.4) is 0 Å². The fraction of sp³-hybridized carbons (Fsp3) is 0.375. The molecule has 0 atom stereocenters. The highest BCUT2D eigenvalue weighted by molar-refractivity contribution is 9.10. The van der Waals surface area contributed by atoms with E-state index in [0.29, 0.717) is 0 Å². The molecular formula is C16H19BrN2. The first kappa shape index (κ1) is 12.9. The lowest BCUT2D eigenvalue weighted by Gasteiger charge is -2.23. The lowest BCUT2D eigenvalue weighted by molar-refractivity contribution is 0.390. The summed E-state index contributed by atoms with van der Waals surface area (Å²) in [6, 6.07) is 12.8. The van der Waals surface area contributed by atoms with Crippen LogP contribution in [0.5, 0.6) is 0 Å². The van der Waals surface area contributed by atoms with E-state index in [1.54, 1.807) is 0 Å². The molecule has 0 unspecified atom stereocenters. The van der Waals surface area contributed by atoms with E-state index in [-0.39, 0.29) is 0 Å². The number of hydrogen-bond acceptors (Lipinski definition) is 2. The van der Waals surface area contributed by atoms with Crippen molar-refractivity contribution in [2.45, 2.75) is 12.8 Å². The van der Waals surface area contributed by atoms with Crippen LogP contribution in [0.25, 0.3) is 10.8 Å². The molecule has 2 aromatic rings. The largest absolute Gasteiger partial charge is 0.384 e. The molecule has 19 heavy (non-hydrogen) atoms. The second-order valence-corrected chi connectivity index (χ2v) is 6.07. The Labute approximate surface area is 122 Å². The quantitative estimate of drug-likeness (QED) is 0.893. The minimum atomic E-state index is 0.795. The normalized spacial score (nSPS) is 16.7. The van der Waals surface area contributed by atoms with Gasteiger partial charge in [0.25, 0.3) is 0 Å². The highest BCUT2D eigenvalue weighted by atomic mass is 79.9. The first-order valence-electron chi connectivity index (χ1n) is 6.96. The standard InChI is InChI=1S/C16H19BrN2/c17-15-5-6-16(14-4-2-1-3-13(14)15)19-11-12-7-9-18-10-8-12/h1-6,12,18-19H,7-11H2. The summed E-state index contributed by atoms with van der Waals surface area (Å²) in [5.74, 6) is 0.795. The molecule has 0 bridgehead atoms. The first-order valence-corrected chi connectivity index (χ1v) is 7.76. The third-order valence-electron chi connectivity index (χ3n) is 3.91. The van der Waals surface area contributed by atoms with Crippen molar-refractivity contribution < 1.29 is 0 Å². The number of halogens is 1. The van der Waals surface area contributed by atoms with Crippen molar-refractivity contribution in [1.82, 2.24) is 5.32 Å². The Kier molecular flexibility index (Phi) is 4.04. The van der Waals surface area contributed by atoms with Gasteiger partial charge in [0.1, 0.15) is 0 Å². The van der Waals surface area contributed by atoms with Crippen molar-refractivity contribution in [2.75, 3.05) is 25.0 Å². The lowest BCUT2D eigenvalue weighted by Crippen LogP contribution is -2.31. The van der Waals surface area contributed by atoms with Crippen molar-refractivity contribution in [3.8, 4) is 0 Å². The molecule has 100 valence electrons. The van der Waals surface area contributed by atoms with Gasteiger partial charge in [-0.15, -0.1) is 0 Å². The van der Waals surface area contributed by atoms with E-state index in [0.717, 1.165) is 30.0 Å². The fourth-order valence-electron chi connectivity index (χ4n) is 2.76. The van der Waals surface area contributed by atoms with E-state index >= 15 is 0 Å². The van der Waals surface area contributed by atoms with E-state index in [2.05, 4.69) is 63.0 Å². The molecule has 1 aliphatic heterocycles. The van der Waals surface area contributed by atoms with Crippen LogP contribution in [0.15, 0.2) is 40.9 Å². The molecule has 1 heterocycles. The van der Waals surface area contributed by atoms with Gasteiger partial charge in [-0.1, -0.05) is 40.2 Å². The van der Waals surface area contributed by atoms with Gasteiger partial charge in [0.2, 0.25) is 0 Å². The van der Waals surface area contributed by atoms with Gasteiger partial charge in [-0.3, -0.25) is 0 Å². The minimum absolute atomic E-state index is 0.795. The second-order valence-electron chi connectivity index (χ2n) is 5.21. The summed E-state index contributed by atoms with van der Waals surface area (Å²) in [6.07, 6.45) is 2.56. The number of anilines is 1. The van der Waals surface area contributed by atoms with Crippen molar-refractivity contribution in [2.24, 2.45) is 5.92 Å². The Morgan fingerprint density at radius 1 is 1.05 bits per heavy atom. The minimum Gasteiger partial charge on any atom is -0.384 e. The van der Waals surface area contributed by atoms with Gasteiger partial charge in [-0.2, -0.15) is 0 Å². The van der Waals surface area contributed by atoms with E-state index in [1.165, 1.54) is 29.3 Å². The summed E-state index contributed by atoms with van der Waals surface area (Å²) >= 11 is 3.62. The molecule has 2 aromatic carbocycles. The summed E-state index contributed by atoms with van der Waals surface area (Å²) in [4.78, 5) is 0. The van der Waals surface area contributed by atoms with E-state index in [4.69, 9.17) is 0 Å². The van der Waals surface area contributed by atoms with Crippen LogP contribution in [0.1, 0.15) is 12.8 Å². The molecule has 1 fully saturated rings. The fourth-order valence-corrected chi connectivity index (χ4v) is 3.23. The molecule has 3 rings (SSSR count). The molecule has 2 nitrogen and oxygen atoms in total. The van der Waals surface area contributed by atoms with Crippen LogP contribution in [-0.2, 0) is 0 Å². The average Bonchev–Trinajstić information content (AvgIpc) is 2.48. The molecular weight excluding hydrogens is 300 g/mol. The van der Waals surface area contributed by atoms with Crippen molar-refractivity contribution in [3.05, 3.63) is 40.9 Å². The third kappa shape index (κ3) is 2.93. The van der Waals surface area contributed by atoms with Crippen LogP contribution in [-0.4, -0.2) is 19.6 Å². The Hall–Kier alpha value is -1.06. The monoisotopic (exact) mass is 318 g/mol. The van der Waals surface area contributed by atoms with E-state index in [1.807, 2.05) is 0 Å². The van der Waals surface area contributed by atoms with E-state index in [9.17, 15) is 0 Å². The van der Waals surface area contributed by atoms with Crippen molar-refractivity contribution >= 4 is 32.4 Å². The number of hydrogen-bond donors (Lipinski definition) is 2. The summed E-state index contributed by atoms with van der Waals surface area (Å²) < 4.78 is 1.16. The molecule has 0 saturated carbocycles. The van der Waals surface area contributed by atoms with Crippen LogP contribution in [0.2, 0.25) is 0 Å². The van der Waals surface area contributed by atoms with Gasteiger partial charge in [0.05, 0.1) is 0 Å². The topological polar surface area (TPSA) is 24.1 Å². The maximum Gasteiger partial charge on any atom is 0.0420 e. The molecule has 1 aliphatic rings. The number of rotatable bonds is 3. The van der Waals surface area contributed by atoms with Crippen molar-refractivity contribution in [1.29, 1.82) is 0 Å². The summed E-state index contributed by atoms with van der Waals surface area (Å²) in [5, 5.41) is 9.62. The SMILES string of the molecule is Brc1ccc(NCC2CCNCC2)c2ccccc12. The van der Waals surface area contributed by atoms with Gasteiger partial charge in [0, 0.05) is 22.1 Å². The van der Waals surface area contributed by atoms with Crippen LogP contribution >= 0.6 is 15.9 Å². The number of nitrogens with one attached hydrogen (secondary N) is 2. The summed E-state index contributed by atoms with van der Waals surface area (Å²) in [7, 11) is 0. The summed E-state index contributed by atoms with van der Waals surface area (Å²) in [6.45, 7) is 3.40. The van der Waals surface area contributed by atoms with Crippen LogP contribution < -0.4 is 10.6 Å². The van der Waals surface area contributed by atoms with Gasteiger partial charge in [-0.25, -0.2) is 0 Å². The highest BCUT2D eigenvalue weighted by Gasteiger charge is 2.13. The number of fused-ring (bicyclic) bond motifs is 1. The zero-order chi connectivity index (χ0) is 13.1. The Bertz CT molecular complexity index is 562. The lowest BCUT2D eigenvalue weighted by atomic mass is 9.98. The van der Waals surface area contributed by atoms with Crippen LogP contribution in [0, 0.1) is 5.92 Å². The van der Waals surface area contributed by atoms with Gasteiger partial charge < -0.3 is 10.6 Å². The molecule has 0 amide bonds. The Morgan fingerprint density at radius 2 is 1.79 bits per heavy atom. The molecule has 0 radical (unpaired) electrons. The molecule has 1 saturated heterocycles. The molecule has 0 aromatic heterocycles. The predicted molar refractivity (Wildman–Crippen MR) is 85.7 cm³/mol. The highest BCUT2D eigenvalue weighted by Crippen LogP contribution is 2.30. The number of piperidine rings is 1. The maximum atomic E-state index is 3.64. The van der Waals surface area contributed by atoms with Gasteiger partial charge >= 0.3 is 0 Å². The first-order chi connectivity index (χ1) is 9.34. The molecule has 0 spiro atoms. The van der Waals surface area contributed by atoms with Gasteiger partial charge in [-0.05, 0) is 49.4 Å². The Balaban J connectivity index is 1.79. The zero-order valence-corrected chi connectivity index (χ0v) is 12.5. The summed E-state index contributed by atoms with van der Waals surface area (Å²) in [5.41, 5.74) is 1.25. The Morgan fingerprint density at radius 3 is 2.58 bits per heavy atom. The van der Waals surface area contributed by atoms with Gasteiger partial charge in [0.15, 0.2) is 0 Å². The zero-order valence-electron chi connectivity index (χ0n) is 11.0. The third-order valence-corrected chi connectivity index (χ3v) is 4.60. The second kappa shape index (κ2) is 5.93. The molecule has 2 N–H and O–H groups in total. The maximum absolute atomic E-state index is 3.64. The van der Waals surface area contributed by atoms with Crippen molar-refractivity contribution in [3.63, 3.8) is 0 Å². The number of benzene rings is 2. The molecule has 3 heteroatoms. The van der Waals surface area contributed by atoms with E-state index < -0.39 is 0 Å².